The topological polar surface area (TPSA) is 39.9 Å². The van der Waals surface area contributed by atoms with Gasteiger partial charge in [-0.1, -0.05) is 0 Å². The smallest absolute Gasteiger partial charge is 0.170 e. The first-order valence-corrected chi connectivity index (χ1v) is 5.80. The van der Waals surface area contributed by atoms with Crippen molar-refractivity contribution in [1.82, 2.24) is 14.8 Å². The van der Waals surface area contributed by atoms with Gasteiger partial charge in [-0.25, -0.2) is 4.39 Å². The standard InChI is InChI=1S/C11H11BrFN3O/c1-7-14-15-11(16(7)2)6-17-10-4-3-8(13)5-9(10)12/h3-5H,6H2,1-2H3. The SMILES string of the molecule is Cc1nnc(COc2ccc(F)cc2Br)n1C. The minimum absolute atomic E-state index is 0.293. The number of hydrogen-bond donors (Lipinski definition) is 0. The van der Waals surface area contributed by atoms with Crippen molar-refractivity contribution < 1.29 is 9.13 Å². The van der Waals surface area contributed by atoms with Crippen molar-refractivity contribution >= 4 is 15.9 Å². The molecule has 90 valence electrons. The highest BCUT2D eigenvalue weighted by molar-refractivity contribution is 9.10. The van der Waals surface area contributed by atoms with Crippen LogP contribution in [0.2, 0.25) is 0 Å². The monoisotopic (exact) mass is 299 g/mol. The summed E-state index contributed by atoms with van der Waals surface area (Å²) in [5.41, 5.74) is 0. The third kappa shape index (κ3) is 2.63. The number of benzene rings is 1. The Bertz CT molecular complexity index is 542. The molecular weight excluding hydrogens is 289 g/mol. The minimum atomic E-state index is -0.307. The van der Waals surface area contributed by atoms with Gasteiger partial charge in [-0.15, -0.1) is 10.2 Å². The van der Waals surface area contributed by atoms with Crippen molar-refractivity contribution in [2.24, 2.45) is 7.05 Å². The van der Waals surface area contributed by atoms with Gasteiger partial charge in [0.05, 0.1) is 4.47 Å². The maximum atomic E-state index is 12.9. The molecule has 4 nitrogen and oxygen atoms in total. The summed E-state index contributed by atoms with van der Waals surface area (Å²) in [7, 11) is 1.87. The van der Waals surface area contributed by atoms with E-state index < -0.39 is 0 Å². The molecule has 0 aliphatic carbocycles. The van der Waals surface area contributed by atoms with Gasteiger partial charge in [-0.2, -0.15) is 0 Å². The zero-order valence-electron chi connectivity index (χ0n) is 9.44. The molecule has 0 N–H and O–H groups in total. The lowest BCUT2D eigenvalue weighted by Gasteiger charge is -2.07. The summed E-state index contributed by atoms with van der Waals surface area (Å²) in [5, 5.41) is 7.90. The van der Waals surface area contributed by atoms with E-state index in [0.29, 0.717) is 16.8 Å². The fraction of sp³-hybridized carbons (Fsp3) is 0.273. The van der Waals surface area contributed by atoms with E-state index in [2.05, 4.69) is 26.1 Å². The van der Waals surface area contributed by atoms with Crippen LogP contribution in [0.1, 0.15) is 11.6 Å². The van der Waals surface area contributed by atoms with Crippen LogP contribution in [-0.2, 0) is 13.7 Å². The summed E-state index contributed by atoms with van der Waals surface area (Å²) < 4.78 is 20.8. The highest BCUT2D eigenvalue weighted by atomic mass is 79.9. The number of halogens is 2. The van der Waals surface area contributed by atoms with Crippen molar-refractivity contribution in [3.05, 3.63) is 40.1 Å². The molecule has 2 rings (SSSR count). The van der Waals surface area contributed by atoms with Gasteiger partial charge < -0.3 is 9.30 Å². The minimum Gasteiger partial charge on any atom is -0.484 e. The van der Waals surface area contributed by atoms with Gasteiger partial charge in [-0.3, -0.25) is 0 Å². The molecule has 0 aliphatic heterocycles. The number of aryl methyl sites for hydroxylation is 1. The molecule has 0 atom stereocenters. The molecule has 2 aromatic rings. The van der Waals surface area contributed by atoms with Crippen molar-refractivity contribution in [3.63, 3.8) is 0 Å². The number of rotatable bonds is 3. The maximum absolute atomic E-state index is 12.9. The summed E-state index contributed by atoms with van der Waals surface area (Å²) in [6.45, 7) is 2.16. The van der Waals surface area contributed by atoms with E-state index in [1.165, 1.54) is 12.1 Å². The van der Waals surface area contributed by atoms with Crippen molar-refractivity contribution in [2.45, 2.75) is 13.5 Å². The molecule has 0 fully saturated rings. The molecule has 1 aromatic heterocycles. The van der Waals surface area contributed by atoms with Crippen LogP contribution in [0.15, 0.2) is 22.7 Å². The van der Waals surface area contributed by atoms with Gasteiger partial charge in [0.25, 0.3) is 0 Å². The molecule has 0 saturated heterocycles. The van der Waals surface area contributed by atoms with Gasteiger partial charge in [0.1, 0.15) is 24.0 Å². The molecule has 0 amide bonds. The van der Waals surface area contributed by atoms with Crippen LogP contribution in [-0.4, -0.2) is 14.8 Å². The second kappa shape index (κ2) is 4.83. The molecule has 1 aromatic carbocycles. The first kappa shape index (κ1) is 12.0. The molecule has 0 radical (unpaired) electrons. The highest BCUT2D eigenvalue weighted by Gasteiger charge is 2.07. The van der Waals surface area contributed by atoms with Crippen LogP contribution < -0.4 is 4.74 Å². The lowest BCUT2D eigenvalue weighted by Crippen LogP contribution is -2.04. The Morgan fingerprint density at radius 2 is 2.18 bits per heavy atom. The molecule has 0 spiro atoms. The number of nitrogens with zero attached hydrogens (tertiary/aromatic N) is 3. The Hall–Kier alpha value is -1.43. The Morgan fingerprint density at radius 1 is 1.41 bits per heavy atom. The predicted molar refractivity (Wildman–Crippen MR) is 64.2 cm³/mol. The summed E-state index contributed by atoms with van der Waals surface area (Å²) >= 11 is 3.24. The van der Waals surface area contributed by atoms with E-state index in [4.69, 9.17) is 4.74 Å². The zero-order chi connectivity index (χ0) is 12.4. The second-order valence-electron chi connectivity index (χ2n) is 3.59. The fourth-order valence-electron chi connectivity index (χ4n) is 1.31. The summed E-state index contributed by atoms with van der Waals surface area (Å²) in [4.78, 5) is 0. The first-order chi connectivity index (χ1) is 8.08. The Balaban J connectivity index is 2.10. The van der Waals surface area contributed by atoms with Gasteiger partial charge in [0.2, 0.25) is 0 Å². The van der Waals surface area contributed by atoms with Crippen LogP contribution >= 0.6 is 15.9 Å². The molecule has 0 bridgehead atoms. The highest BCUT2D eigenvalue weighted by Crippen LogP contribution is 2.26. The molecule has 0 saturated carbocycles. The number of ether oxygens (including phenoxy) is 1. The lowest BCUT2D eigenvalue weighted by atomic mass is 10.3. The summed E-state index contributed by atoms with van der Waals surface area (Å²) in [6, 6.07) is 4.28. The van der Waals surface area contributed by atoms with E-state index in [0.717, 1.165) is 11.6 Å². The average Bonchev–Trinajstić information content (AvgIpc) is 2.59. The van der Waals surface area contributed by atoms with Crippen LogP contribution in [0.4, 0.5) is 4.39 Å². The van der Waals surface area contributed by atoms with Gasteiger partial charge in [0, 0.05) is 7.05 Å². The molecular formula is C11H11BrFN3O. The lowest BCUT2D eigenvalue weighted by molar-refractivity contribution is 0.288. The van der Waals surface area contributed by atoms with Crippen LogP contribution in [0.5, 0.6) is 5.75 Å². The Kier molecular flexibility index (Phi) is 3.42. The molecule has 6 heteroatoms. The summed E-state index contributed by atoms with van der Waals surface area (Å²) in [6.07, 6.45) is 0. The van der Waals surface area contributed by atoms with E-state index >= 15 is 0 Å². The van der Waals surface area contributed by atoms with E-state index in [9.17, 15) is 4.39 Å². The third-order valence-corrected chi connectivity index (χ3v) is 3.05. The molecule has 1 heterocycles. The average molecular weight is 300 g/mol. The van der Waals surface area contributed by atoms with Crippen LogP contribution in [0.3, 0.4) is 0 Å². The maximum Gasteiger partial charge on any atom is 0.170 e. The molecule has 0 unspecified atom stereocenters. The van der Waals surface area contributed by atoms with E-state index in [1.54, 1.807) is 6.07 Å². The summed E-state index contributed by atoms with van der Waals surface area (Å²) in [5.74, 6) is 1.81. The molecule has 17 heavy (non-hydrogen) atoms. The fourth-order valence-corrected chi connectivity index (χ4v) is 1.78. The number of aromatic nitrogens is 3. The first-order valence-electron chi connectivity index (χ1n) is 5.00. The third-order valence-electron chi connectivity index (χ3n) is 2.43. The normalized spacial score (nSPS) is 10.6. The van der Waals surface area contributed by atoms with Gasteiger partial charge >= 0.3 is 0 Å². The largest absolute Gasteiger partial charge is 0.484 e. The van der Waals surface area contributed by atoms with E-state index in [-0.39, 0.29) is 5.82 Å². The zero-order valence-corrected chi connectivity index (χ0v) is 11.0. The van der Waals surface area contributed by atoms with Crippen LogP contribution in [0.25, 0.3) is 0 Å². The van der Waals surface area contributed by atoms with Crippen LogP contribution in [0, 0.1) is 12.7 Å². The van der Waals surface area contributed by atoms with Crippen molar-refractivity contribution in [2.75, 3.05) is 0 Å². The van der Waals surface area contributed by atoms with Gasteiger partial charge in [0.15, 0.2) is 5.82 Å². The predicted octanol–water partition coefficient (Wildman–Crippen LogP) is 2.60. The quantitative estimate of drug-likeness (QED) is 0.875. The van der Waals surface area contributed by atoms with E-state index in [1.807, 2.05) is 18.5 Å². The van der Waals surface area contributed by atoms with Gasteiger partial charge in [-0.05, 0) is 41.1 Å². The van der Waals surface area contributed by atoms with Crippen molar-refractivity contribution in [1.29, 1.82) is 0 Å². The Morgan fingerprint density at radius 3 is 2.76 bits per heavy atom. The molecule has 0 aliphatic rings. The number of hydrogen-bond acceptors (Lipinski definition) is 3. The Labute approximate surface area is 107 Å². The van der Waals surface area contributed by atoms with Crippen molar-refractivity contribution in [3.8, 4) is 5.75 Å². The second-order valence-corrected chi connectivity index (χ2v) is 4.44.